The molecule has 0 saturated heterocycles. The fourth-order valence-electron chi connectivity index (χ4n) is 1.92. The number of hydrogen-bond donors (Lipinski definition) is 2. The smallest absolute Gasteiger partial charge is 0.253 e. The van der Waals surface area contributed by atoms with Crippen molar-refractivity contribution in [1.29, 1.82) is 0 Å². The first-order valence-corrected chi connectivity index (χ1v) is 6.41. The molecular formula is C14H23N3O. The Hall–Kier alpha value is -1.42. The molecule has 0 aliphatic rings. The Morgan fingerprint density at radius 1 is 1.39 bits per heavy atom. The van der Waals surface area contributed by atoms with Crippen LogP contribution in [0.2, 0.25) is 0 Å². The number of aromatic nitrogens is 1. The van der Waals surface area contributed by atoms with Crippen LogP contribution in [-0.2, 0) is 0 Å². The van der Waals surface area contributed by atoms with Gasteiger partial charge in [-0.05, 0) is 44.9 Å². The van der Waals surface area contributed by atoms with E-state index in [4.69, 9.17) is 5.73 Å². The molecule has 0 aromatic carbocycles. The highest BCUT2D eigenvalue weighted by Gasteiger charge is 2.17. The summed E-state index contributed by atoms with van der Waals surface area (Å²) in [5.74, 6) is 0.309. The summed E-state index contributed by atoms with van der Waals surface area (Å²) in [5, 5.41) is 3.04. The highest BCUT2D eigenvalue weighted by Crippen LogP contribution is 2.10. The van der Waals surface area contributed by atoms with Gasteiger partial charge >= 0.3 is 0 Å². The van der Waals surface area contributed by atoms with Gasteiger partial charge in [-0.25, -0.2) is 0 Å². The van der Waals surface area contributed by atoms with Crippen LogP contribution in [0.5, 0.6) is 0 Å². The minimum Gasteiger partial charge on any atom is -0.349 e. The van der Waals surface area contributed by atoms with E-state index >= 15 is 0 Å². The second-order valence-corrected chi connectivity index (χ2v) is 4.99. The van der Waals surface area contributed by atoms with Crippen molar-refractivity contribution in [1.82, 2.24) is 10.3 Å². The van der Waals surface area contributed by atoms with Gasteiger partial charge in [0.25, 0.3) is 5.91 Å². The van der Waals surface area contributed by atoms with Crippen LogP contribution in [-0.4, -0.2) is 23.5 Å². The lowest BCUT2D eigenvalue weighted by Crippen LogP contribution is -2.40. The Morgan fingerprint density at radius 2 is 2.06 bits per heavy atom. The predicted octanol–water partition coefficient (Wildman–Crippen LogP) is 1.80. The Morgan fingerprint density at radius 3 is 2.56 bits per heavy atom. The number of carbonyl (C=O) groups is 1. The van der Waals surface area contributed by atoms with Crippen molar-refractivity contribution in [2.75, 3.05) is 6.54 Å². The monoisotopic (exact) mass is 249 g/mol. The highest BCUT2D eigenvalue weighted by atomic mass is 16.1. The lowest BCUT2D eigenvalue weighted by molar-refractivity contribution is 0.0923. The van der Waals surface area contributed by atoms with Crippen LogP contribution in [0.3, 0.4) is 0 Å². The number of pyridine rings is 1. The molecule has 0 fully saturated rings. The summed E-state index contributed by atoms with van der Waals surface area (Å²) in [7, 11) is 0. The maximum Gasteiger partial charge on any atom is 0.253 e. The van der Waals surface area contributed by atoms with E-state index < -0.39 is 0 Å². The van der Waals surface area contributed by atoms with Crippen LogP contribution in [0.15, 0.2) is 12.1 Å². The Labute approximate surface area is 109 Å². The molecular weight excluding hydrogens is 226 g/mol. The van der Waals surface area contributed by atoms with Gasteiger partial charge < -0.3 is 11.1 Å². The van der Waals surface area contributed by atoms with Gasteiger partial charge in [-0.3, -0.25) is 9.78 Å². The zero-order valence-corrected chi connectivity index (χ0v) is 11.7. The van der Waals surface area contributed by atoms with Crippen molar-refractivity contribution in [2.24, 2.45) is 11.7 Å². The first-order chi connectivity index (χ1) is 8.45. The Kier molecular flexibility index (Phi) is 5.28. The van der Waals surface area contributed by atoms with Crippen LogP contribution in [0.4, 0.5) is 0 Å². The molecule has 4 heteroatoms. The third-order valence-electron chi connectivity index (χ3n) is 3.07. The van der Waals surface area contributed by atoms with E-state index in [0.29, 0.717) is 18.0 Å². The zero-order valence-electron chi connectivity index (χ0n) is 11.7. The third-order valence-corrected chi connectivity index (χ3v) is 3.07. The predicted molar refractivity (Wildman–Crippen MR) is 73.5 cm³/mol. The van der Waals surface area contributed by atoms with Crippen LogP contribution < -0.4 is 11.1 Å². The summed E-state index contributed by atoms with van der Waals surface area (Å²) in [6, 6.07) is 3.80. The molecule has 1 rings (SSSR count). The lowest BCUT2D eigenvalue weighted by atomic mass is 10.0. The number of nitrogens with zero attached hydrogens (tertiary/aromatic N) is 1. The number of amides is 1. The van der Waals surface area contributed by atoms with Gasteiger partial charge in [0.1, 0.15) is 0 Å². The van der Waals surface area contributed by atoms with Gasteiger partial charge in [-0.1, -0.05) is 13.8 Å². The van der Waals surface area contributed by atoms with Gasteiger partial charge in [0.2, 0.25) is 0 Å². The van der Waals surface area contributed by atoms with Crippen LogP contribution >= 0.6 is 0 Å². The largest absolute Gasteiger partial charge is 0.349 e. The topological polar surface area (TPSA) is 68.0 Å². The molecule has 4 nitrogen and oxygen atoms in total. The molecule has 1 amide bonds. The number of nitrogens with one attached hydrogen (secondary N) is 1. The van der Waals surface area contributed by atoms with Crippen LogP contribution in [0.1, 0.15) is 42.0 Å². The summed E-state index contributed by atoms with van der Waals surface area (Å²) in [4.78, 5) is 16.5. The number of nitrogens with two attached hydrogens (primary N) is 1. The SMILES string of the molecule is Cc1ccc(C(=O)NC(CCN)C(C)C)c(C)n1. The maximum atomic E-state index is 12.2. The average Bonchev–Trinajstić information content (AvgIpc) is 2.27. The molecule has 0 radical (unpaired) electrons. The second kappa shape index (κ2) is 6.50. The molecule has 1 aromatic rings. The number of rotatable bonds is 5. The molecule has 0 spiro atoms. The third kappa shape index (κ3) is 3.81. The Balaban J connectivity index is 2.80. The summed E-state index contributed by atoms with van der Waals surface area (Å²) in [5.41, 5.74) is 7.90. The first-order valence-electron chi connectivity index (χ1n) is 6.41. The maximum absolute atomic E-state index is 12.2. The van der Waals surface area contributed by atoms with Gasteiger partial charge in [0.15, 0.2) is 0 Å². The fourth-order valence-corrected chi connectivity index (χ4v) is 1.92. The van der Waals surface area contributed by atoms with Crippen molar-refractivity contribution in [3.05, 3.63) is 29.1 Å². The van der Waals surface area contributed by atoms with E-state index in [1.165, 1.54) is 0 Å². The second-order valence-electron chi connectivity index (χ2n) is 4.99. The van der Waals surface area contributed by atoms with Gasteiger partial charge in [-0.15, -0.1) is 0 Å². The molecule has 0 aliphatic carbocycles. The van der Waals surface area contributed by atoms with E-state index in [9.17, 15) is 4.79 Å². The van der Waals surface area contributed by atoms with E-state index in [1.807, 2.05) is 26.0 Å². The summed E-state index contributed by atoms with van der Waals surface area (Å²) < 4.78 is 0. The molecule has 0 bridgehead atoms. The minimum absolute atomic E-state index is 0.0628. The molecule has 1 heterocycles. The average molecular weight is 249 g/mol. The van der Waals surface area contributed by atoms with Gasteiger partial charge in [-0.2, -0.15) is 0 Å². The lowest BCUT2D eigenvalue weighted by Gasteiger charge is -2.22. The van der Waals surface area contributed by atoms with Crippen molar-refractivity contribution < 1.29 is 4.79 Å². The number of carbonyl (C=O) groups excluding carboxylic acids is 1. The molecule has 3 N–H and O–H groups in total. The zero-order chi connectivity index (χ0) is 13.7. The highest BCUT2D eigenvalue weighted by molar-refractivity contribution is 5.95. The molecule has 1 unspecified atom stereocenters. The Bertz CT molecular complexity index is 416. The van der Waals surface area contributed by atoms with Crippen molar-refractivity contribution in [3.8, 4) is 0 Å². The molecule has 1 aromatic heterocycles. The fraction of sp³-hybridized carbons (Fsp3) is 0.571. The molecule has 100 valence electrons. The summed E-state index contributed by atoms with van der Waals surface area (Å²) in [6.45, 7) is 8.52. The quantitative estimate of drug-likeness (QED) is 0.836. The van der Waals surface area contributed by atoms with Gasteiger partial charge in [0, 0.05) is 11.7 Å². The van der Waals surface area contributed by atoms with Crippen LogP contribution in [0, 0.1) is 19.8 Å². The molecule has 0 aliphatic heterocycles. The van der Waals surface area contributed by atoms with Crippen molar-refractivity contribution in [2.45, 2.75) is 40.2 Å². The minimum atomic E-state index is -0.0628. The molecule has 0 saturated carbocycles. The summed E-state index contributed by atoms with van der Waals surface area (Å²) >= 11 is 0. The van der Waals surface area contributed by atoms with E-state index in [2.05, 4.69) is 24.1 Å². The van der Waals surface area contributed by atoms with Crippen molar-refractivity contribution >= 4 is 5.91 Å². The van der Waals surface area contributed by atoms with Crippen molar-refractivity contribution in [3.63, 3.8) is 0 Å². The van der Waals surface area contributed by atoms with E-state index in [1.54, 1.807) is 0 Å². The van der Waals surface area contributed by atoms with Crippen LogP contribution in [0.25, 0.3) is 0 Å². The van der Waals surface area contributed by atoms with E-state index in [0.717, 1.165) is 17.8 Å². The normalized spacial score (nSPS) is 12.6. The molecule has 1 atom stereocenters. The summed E-state index contributed by atoms with van der Waals surface area (Å²) in [6.07, 6.45) is 0.793. The van der Waals surface area contributed by atoms with E-state index in [-0.39, 0.29) is 11.9 Å². The first kappa shape index (κ1) is 14.6. The molecule has 18 heavy (non-hydrogen) atoms. The standard InChI is InChI=1S/C14H23N3O/c1-9(2)13(7-8-15)17-14(18)12-6-5-10(3)16-11(12)4/h5-6,9,13H,7-8,15H2,1-4H3,(H,17,18). The van der Waals surface area contributed by atoms with Gasteiger partial charge in [0.05, 0.1) is 11.3 Å². The number of aryl methyl sites for hydroxylation is 2. The number of hydrogen-bond acceptors (Lipinski definition) is 3.